The molecule has 0 aliphatic carbocycles. The Morgan fingerprint density at radius 3 is 0.941 bits per heavy atom. The minimum Gasteiger partial charge on any atom is -0.0616 e. The molecule has 0 aliphatic heterocycles. The molecule has 0 atom stereocenters. The van der Waals surface area contributed by atoms with Gasteiger partial charge in [0.05, 0.1) is 0 Å². The second kappa shape index (κ2) is 5.73. The molecule has 0 heteroatoms. The highest BCUT2D eigenvalue weighted by atomic mass is 14.2. The standard InChI is InChI=1S/C34H18/c1-3-9-23-21(7-1)25-11-5-13-27-29-16-20-18-32-24-10-4-2-8-22(24)26-12-6-14-28(34(26)32)30(20)15-19(29)17-31(23)33(25)27/h1-18H. The van der Waals surface area contributed by atoms with E-state index in [2.05, 4.69) is 109 Å². The van der Waals surface area contributed by atoms with Gasteiger partial charge in [0.1, 0.15) is 0 Å². The molecule has 0 saturated carbocycles. The van der Waals surface area contributed by atoms with Crippen LogP contribution in [0, 0.1) is 0 Å². The Morgan fingerprint density at radius 1 is 0.235 bits per heavy atom. The summed E-state index contributed by atoms with van der Waals surface area (Å²) in [5.41, 5.74) is 0. The van der Waals surface area contributed by atoms with Crippen LogP contribution < -0.4 is 0 Å². The fourth-order valence-electron chi connectivity index (χ4n) is 6.71. The lowest BCUT2D eigenvalue weighted by Gasteiger charge is -2.10. The first-order chi connectivity index (χ1) is 16.9. The Labute approximate surface area is 195 Å². The van der Waals surface area contributed by atoms with Gasteiger partial charge in [0.25, 0.3) is 0 Å². The molecule has 0 unspecified atom stereocenters. The van der Waals surface area contributed by atoms with Gasteiger partial charge in [-0.1, -0.05) is 84.9 Å². The monoisotopic (exact) mass is 426 g/mol. The number of fused-ring (bicyclic) bond motifs is 10. The Balaban J connectivity index is 1.56. The van der Waals surface area contributed by atoms with Crippen molar-refractivity contribution in [3.63, 3.8) is 0 Å². The SMILES string of the molecule is c1ccc2c(c1)c1cccc3c4cc5cc6c7ccccc7c7cccc(c5cc4cc2c31)c76. The van der Waals surface area contributed by atoms with Crippen molar-refractivity contribution >= 4 is 86.2 Å². The highest BCUT2D eigenvalue weighted by Crippen LogP contribution is 2.45. The first-order valence-corrected chi connectivity index (χ1v) is 12.0. The van der Waals surface area contributed by atoms with Gasteiger partial charge in [0, 0.05) is 0 Å². The Morgan fingerprint density at radius 2 is 0.529 bits per heavy atom. The molecule has 0 nitrogen and oxygen atoms in total. The minimum atomic E-state index is 1.32. The van der Waals surface area contributed by atoms with E-state index < -0.39 is 0 Å². The van der Waals surface area contributed by atoms with E-state index in [1.54, 1.807) is 0 Å². The van der Waals surface area contributed by atoms with E-state index in [-0.39, 0.29) is 0 Å². The molecule has 0 radical (unpaired) electrons. The second-order valence-corrected chi connectivity index (χ2v) is 9.69. The van der Waals surface area contributed by atoms with Crippen LogP contribution in [0.2, 0.25) is 0 Å². The zero-order valence-electron chi connectivity index (χ0n) is 18.4. The maximum atomic E-state index is 2.43. The quantitative estimate of drug-likeness (QED) is 0.167. The Bertz CT molecular complexity index is 2100. The molecular weight excluding hydrogens is 408 g/mol. The molecule has 0 saturated heterocycles. The van der Waals surface area contributed by atoms with Gasteiger partial charge >= 0.3 is 0 Å². The van der Waals surface area contributed by atoms with Gasteiger partial charge in [-0.2, -0.15) is 0 Å². The van der Waals surface area contributed by atoms with Crippen molar-refractivity contribution in [2.45, 2.75) is 0 Å². The lowest BCUT2D eigenvalue weighted by Crippen LogP contribution is -1.83. The van der Waals surface area contributed by atoms with Gasteiger partial charge in [-0.3, -0.25) is 0 Å². The molecule has 0 bridgehead atoms. The van der Waals surface area contributed by atoms with Crippen LogP contribution in [0.4, 0.5) is 0 Å². The molecule has 0 aliphatic rings. The first kappa shape index (κ1) is 17.1. The highest BCUT2D eigenvalue weighted by Gasteiger charge is 2.17. The number of hydrogen-bond acceptors (Lipinski definition) is 0. The van der Waals surface area contributed by atoms with E-state index >= 15 is 0 Å². The number of hydrogen-bond donors (Lipinski definition) is 0. The third kappa shape index (κ3) is 1.89. The van der Waals surface area contributed by atoms with Crippen molar-refractivity contribution in [2.24, 2.45) is 0 Å². The van der Waals surface area contributed by atoms with Crippen LogP contribution in [-0.4, -0.2) is 0 Å². The average molecular weight is 427 g/mol. The van der Waals surface area contributed by atoms with Gasteiger partial charge in [-0.15, -0.1) is 0 Å². The fraction of sp³-hybridized carbons (Fsp3) is 0. The van der Waals surface area contributed by atoms with Crippen LogP contribution in [-0.2, 0) is 0 Å². The van der Waals surface area contributed by atoms with Gasteiger partial charge < -0.3 is 0 Å². The third-order valence-corrected chi connectivity index (χ3v) is 8.08. The normalized spacial score (nSPS) is 12.7. The molecule has 0 spiro atoms. The summed E-state index contributed by atoms with van der Waals surface area (Å²) in [6.45, 7) is 0. The molecule has 9 aromatic rings. The van der Waals surface area contributed by atoms with Gasteiger partial charge in [0.2, 0.25) is 0 Å². The summed E-state index contributed by atoms with van der Waals surface area (Å²) in [4.78, 5) is 0. The summed E-state index contributed by atoms with van der Waals surface area (Å²) < 4.78 is 0. The van der Waals surface area contributed by atoms with Crippen LogP contribution in [0.1, 0.15) is 0 Å². The van der Waals surface area contributed by atoms with Crippen molar-refractivity contribution in [3.05, 3.63) is 109 Å². The van der Waals surface area contributed by atoms with Crippen molar-refractivity contribution in [1.82, 2.24) is 0 Å². The molecule has 9 rings (SSSR count). The van der Waals surface area contributed by atoms with Crippen molar-refractivity contribution < 1.29 is 0 Å². The second-order valence-electron chi connectivity index (χ2n) is 9.69. The smallest absolute Gasteiger partial charge is 0.00199 e. The van der Waals surface area contributed by atoms with E-state index in [1.807, 2.05) is 0 Å². The lowest BCUT2D eigenvalue weighted by molar-refractivity contribution is 1.85. The maximum Gasteiger partial charge on any atom is -0.00199 e. The average Bonchev–Trinajstić information content (AvgIpc) is 3.39. The van der Waals surface area contributed by atoms with Gasteiger partial charge in [-0.25, -0.2) is 0 Å². The number of benzene rings is 7. The van der Waals surface area contributed by atoms with Crippen LogP contribution in [0.25, 0.3) is 86.2 Å². The van der Waals surface area contributed by atoms with Crippen molar-refractivity contribution in [1.29, 1.82) is 0 Å². The molecule has 0 fully saturated rings. The molecule has 9 aromatic carbocycles. The van der Waals surface area contributed by atoms with E-state index in [0.29, 0.717) is 0 Å². The number of rotatable bonds is 0. The molecular formula is C34H18. The molecule has 0 N–H and O–H groups in total. The van der Waals surface area contributed by atoms with Crippen LogP contribution in [0.5, 0.6) is 0 Å². The van der Waals surface area contributed by atoms with Crippen molar-refractivity contribution in [3.8, 4) is 0 Å². The summed E-state index contributed by atoms with van der Waals surface area (Å²) in [5, 5.41) is 21.7. The molecule has 0 aromatic heterocycles. The largest absolute Gasteiger partial charge is 0.0616 e. The van der Waals surface area contributed by atoms with E-state index in [9.17, 15) is 0 Å². The summed E-state index contributed by atoms with van der Waals surface area (Å²) in [6.07, 6.45) is 0. The highest BCUT2D eigenvalue weighted by molar-refractivity contribution is 6.38. The van der Waals surface area contributed by atoms with Crippen LogP contribution >= 0.6 is 0 Å². The molecule has 0 heterocycles. The maximum absolute atomic E-state index is 2.43. The molecule has 34 heavy (non-hydrogen) atoms. The zero-order chi connectivity index (χ0) is 22.0. The predicted octanol–water partition coefficient (Wildman–Crippen LogP) is 9.79. The van der Waals surface area contributed by atoms with Gasteiger partial charge in [-0.05, 0) is 110 Å². The summed E-state index contributed by atoms with van der Waals surface area (Å²) >= 11 is 0. The van der Waals surface area contributed by atoms with Gasteiger partial charge in [0.15, 0.2) is 0 Å². The summed E-state index contributed by atoms with van der Waals surface area (Å²) in [5.74, 6) is 0. The fourth-order valence-corrected chi connectivity index (χ4v) is 6.71. The molecule has 154 valence electrons. The van der Waals surface area contributed by atoms with Crippen molar-refractivity contribution in [2.75, 3.05) is 0 Å². The zero-order valence-corrected chi connectivity index (χ0v) is 18.4. The van der Waals surface area contributed by atoms with Crippen LogP contribution in [0.3, 0.4) is 0 Å². The van der Waals surface area contributed by atoms with E-state index in [1.165, 1.54) is 86.2 Å². The Kier molecular flexibility index (Phi) is 2.88. The summed E-state index contributed by atoms with van der Waals surface area (Å²) in [7, 11) is 0. The Hall–Kier alpha value is -4.42. The topological polar surface area (TPSA) is 0 Å². The first-order valence-electron chi connectivity index (χ1n) is 12.0. The minimum absolute atomic E-state index is 1.32. The van der Waals surface area contributed by atoms with E-state index in [4.69, 9.17) is 0 Å². The predicted molar refractivity (Wildman–Crippen MR) is 149 cm³/mol. The molecule has 0 amide bonds. The summed E-state index contributed by atoms with van der Waals surface area (Å²) in [6, 6.07) is 41.0. The van der Waals surface area contributed by atoms with Crippen LogP contribution in [0.15, 0.2) is 109 Å². The van der Waals surface area contributed by atoms with E-state index in [0.717, 1.165) is 0 Å². The lowest BCUT2D eigenvalue weighted by atomic mass is 9.93. The third-order valence-electron chi connectivity index (χ3n) is 8.08.